The number of alkyl carbamates (subject to hydrolysis) is 1. The van der Waals surface area contributed by atoms with E-state index >= 15 is 0 Å². The molecule has 11 nitrogen and oxygen atoms in total. The van der Waals surface area contributed by atoms with Crippen molar-refractivity contribution in [2.24, 2.45) is 0 Å². The van der Waals surface area contributed by atoms with Gasteiger partial charge in [-0.05, 0) is 18.4 Å². The number of aromatic hydroxyl groups is 1. The second-order valence-electron chi connectivity index (χ2n) is 6.84. The van der Waals surface area contributed by atoms with Gasteiger partial charge in [-0.3, -0.25) is 4.79 Å². The lowest BCUT2D eigenvalue weighted by Crippen LogP contribution is -2.55. The van der Waals surface area contributed by atoms with Crippen molar-refractivity contribution in [3.05, 3.63) is 57.8 Å². The molecule has 0 aliphatic carbocycles. The molecular formula is C19H21N3O8. The topological polar surface area (TPSA) is 171 Å². The Kier molecular flexibility index (Phi) is 6.33. The zero-order valence-electron chi connectivity index (χ0n) is 15.8. The van der Waals surface area contributed by atoms with Gasteiger partial charge in [0.1, 0.15) is 18.0 Å². The first-order chi connectivity index (χ1) is 14.3. The molecule has 1 aliphatic heterocycles. The summed E-state index contributed by atoms with van der Waals surface area (Å²) in [5.41, 5.74) is -2.58. The number of aliphatic hydroxyl groups is 1. The summed E-state index contributed by atoms with van der Waals surface area (Å²) in [5, 5.41) is 30.8. The molecule has 2 aromatic rings. The maximum Gasteiger partial charge on any atom is 0.408 e. The zero-order chi connectivity index (χ0) is 21.7. The van der Waals surface area contributed by atoms with Crippen LogP contribution in [0.15, 0.2) is 35.1 Å². The van der Waals surface area contributed by atoms with E-state index in [0.29, 0.717) is 6.42 Å². The van der Waals surface area contributed by atoms with Gasteiger partial charge in [0.15, 0.2) is 5.69 Å². The van der Waals surface area contributed by atoms with Gasteiger partial charge in [-0.1, -0.05) is 30.3 Å². The zero-order valence-corrected chi connectivity index (χ0v) is 15.8. The largest absolute Gasteiger partial charge is 0.501 e. The van der Waals surface area contributed by atoms with E-state index in [0.717, 1.165) is 5.56 Å². The van der Waals surface area contributed by atoms with Gasteiger partial charge in [-0.2, -0.15) is 0 Å². The minimum atomic E-state index is -1.60. The first-order valence-corrected chi connectivity index (χ1v) is 9.13. The molecule has 30 heavy (non-hydrogen) atoms. The number of aliphatic hydroxyl groups excluding tert-OH is 1. The monoisotopic (exact) mass is 419 g/mol. The predicted molar refractivity (Wildman–Crippen MR) is 101 cm³/mol. The molecule has 0 saturated carbocycles. The number of amides is 1. The van der Waals surface area contributed by atoms with Crippen LogP contribution in [0.1, 0.15) is 34.7 Å². The van der Waals surface area contributed by atoms with Gasteiger partial charge >= 0.3 is 12.1 Å². The minimum Gasteiger partial charge on any atom is -0.501 e. The molecule has 1 aromatic carbocycles. The Labute approximate surface area is 170 Å². The molecule has 2 heterocycles. The van der Waals surface area contributed by atoms with E-state index < -0.39 is 40.7 Å². The molecule has 160 valence electrons. The number of aromatic amines is 1. The predicted octanol–water partition coefficient (Wildman–Crippen LogP) is 0.467. The van der Waals surface area contributed by atoms with E-state index in [1.807, 2.05) is 6.07 Å². The molecule has 0 spiro atoms. The fourth-order valence-corrected chi connectivity index (χ4v) is 3.11. The minimum absolute atomic E-state index is 0.0111. The smallest absolute Gasteiger partial charge is 0.408 e. The SMILES string of the molecule is O=C(N[C@@]1(c2nc(C(=O)O)c(O)c(=O)[nH]2)CC[C@H](CO)OC1)OCc1ccccc1. The van der Waals surface area contributed by atoms with Crippen LogP contribution in [0, 0.1) is 0 Å². The number of carboxylic acid groups (broad SMARTS) is 1. The Morgan fingerprint density at radius 1 is 1.33 bits per heavy atom. The summed E-state index contributed by atoms with van der Waals surface area (Å²) < 4.78 is 10.8. The van der Waals surface area contributed by atoms with E-state index in [9.17, 15) is 29.7 Å². The van der Waals surface area contributed by atoms with Crippen LogP contribution in [0.5, 0.6) is 5.75 Å². The van der Waals surface area contributed by atoms with Crippen molar-refractivity contribution < 1.29 is 34.4 Å². The molecule has 1 aliphatic rings. The number of hydrogen-bond acceptors (Lipinski definition) is 8. The Morgan fingerprint density at radius 3 is 2.67 bits per heavy atom. The summed E-state index contributed by atoms with van der Waals surface area (Å²) in [5.74, 6) is -2.85. The number of rotatable bonds is 6. The van der Waals surface area contributed by atoms with Crippen LogP contribution in [0.2, 0.25) is 0 Å². The number of carboxylic acids is 1. The second-order valence-corrected chi connectivity index (χ2v) is 6.84. The Balaban J connectivity index is 1.88. The van der Waals surface area contributed by atoms with Crippen molar-refractivity contribution in [3.63, 3.8) is 0 Å². The molecule has 1 amide bonds. The Bertz CT molecular complexity index is 967. The third-order valence-electron chi connectivity index (χ3n) is 4.77. The van der Waals surface area contributed by atoms with Gasteiger partial charge in [0.25, 0.3) is 5.56 Å². The van der Waals surface area contributed by atoms with Crippen LogP contribution in [-0.2, 0) is 21.6 Å². The highest BCUT2D eigenvalue weighted by Gasteiger charge is 2.42. The van der Waals surface area contributed by atoms with Crippen LogP contribution >= 0.6 is 0 Å². The highest BCUT2D eigenvalue weighted by atomic mass is 16.5. The van der Waals surface area contributed by atoms with Gasteiger partial charge in [0, 0.05) is 0 Å². The Morgan fingerprint density at radius 2 is 2.07 bits per heavy atom. The molecule has 0 bridgehead atoms. The van der Waals surface area contributed by atoms with Crippen LogP contribution in [0.4, 0.5) is 4.79 Å². The van der Waals surface area contributed by atoms with Gasteiger partial charge in [-0.15, -0.1) is 0 Å². The number of hydrogen-bond donors (Lipinski definition) is 5. The lowest BCUT2D eigenvalue weighted by atomic mass is 9.89. The van der Waals surface area contributed by atoms with E-state index in [-0.39, 0.29) is 32.1 Å². The fourth-order valence-electron chi connectivity index (χ4n) is 3.11. The molecule has 5 N–H and O–H groups in total. The Hall–Kier alpha value is -3.44. The average Bonchev–Trinajstić information content (AvgIpc) is 2.75. The van der Waals surface area contributed by atoms with E-state index in [1.54, 1.807) is 24.3 Å². The molecule has 11 heteroatoms. The number of carbonyl (C=O) groups excluding carboxylic acids is 1. The standard InChI is InChI=1S/C19H21N3O8/c23-8-12-6-7-19(10-30-12,17-20-13(16(26)27)14(24)15(25)21-17)22-18(28)29-9-11-4-2-1-3-5-11/h1-5,12,23-24H,6-10H2,(H,22,28)(H,26,27)(H,20,21,25)/t12-,19+/m1/s1. The quantitative estimate of drug-likeness (QED) is 0.446. The summed E-state index contributed by atoms with van der Waals surface area (Å²) >= 11 is 0. The lowest BCUT2D eigenvalue weighted by molar-refractivity contribution is -0.0655. The molecule has 0 unspecified atom stereocenters. The average molecular weight is 419 g/mol. The summed E-state index contributed by atoms with van der Waals surface area (Å²) in [6.45, 7) is -0.456. The number of benzene rings is 1. The fraction of sp³-hybridized carbons (Fsp3) is 0.368. The molecule has 3 rings (SSSR count). The molecular weight excluding hydrogens is 398 g/mol. The third kappa shape index (κ3) is 4.58. The third-order valence-corrected chi connectivity index (χ3v) is 4.77. The van der Waals surface area contributed by atoms with E-state index in [2.05, 4.69) is 15.3 Å². The first kappa shape index (κ1) is 21.3. The van der Waals surface area contributed by atoms with E-state index in [4.69, 9.17) is 9.47 Å². The van der Waals surface area contributed by atoms with Crippen molar-refractivity contribution in [2.45, 2.75) is 31.1 Å². The maximum absolute atomic E-state index is 12.5. The van der Waals surface area contributed by atoms with Crippen molar-refractivity contribution >= 4 is 12.1 Å². The normalized spacial score (nSPS) is 21.0. The molecule has 1 aromatic heterocycles. The van der Waals surface area contributed by atoms with Gasteiger partial charge in [0.2, 0.25) is 5.75 Å². The van der Waals surface area contributed by atoms with Crippen LogP contribution in [0.25, 0.3) is 0 Å². The highest BCUT2D eigenvalue weighted by Crippen LogP contribution is 2.31. The van der Waals surface area contributed by atoms with Gasteiger partial charge in [0.05, 0.1) is 19.3 Å². The number of aromatic nitrogens is 2. The second kappa shape index (κ2) is 8.93. The van der Waals surface area contributed by atoms with E-state index in [1.165, 1.54) is 0 Å². The molecule has 2 atom stereocenters. The van der Waals surface area contributed by atoms with Crippen LogP contribution in [-0.4, -0.2) is 56.7 Å². The summed E-state index contributed by atoms with van der Waals surface area (Å²) in [4.78, 5) is 42.0. The number of nitrogens with zero attached hydrogens (tertiary/aromatic N) is 1. The summed E-state index contributed by atoms with van der Waals surface area (Å²) in [7, 11) is 0. The number of nitrogens with one attached hydrogen (secondary N) is 2. The number of carbonyl (C=O) groups is 2. The number of ether oxygens (including phenoxy) is 2. The molecule has 1 saturated heterocycles. The van der Waals surface area contributed by atoms with Crippen LogP contribution < -0.4 is 10.9 Å². The molecule has 0 radical (unpaired) electrons. The highest BCUT2D eigenvalue weighted by molar-refractivity contribution is 5.88. The number of H-pyrrole nitrogens is 1. The van der Waals surface area contributed by atoms with Crippen LogP contribution in [0.3, 0.4) is 0 Å². The van der Waals surface area contributed by atoms with Crippen molar-refractivity contribution in [3.8, 4) is 5.75 Å². The number of aromatic carboxylic acids is 1. The van der Waals surface area contributed by atoms with Crippen molar-refractivity contribution in [1.82, 2.24) is 15.3 Å². The summed E-state index contributed by atoms with van der Waals surface area (Å²) in [6, 6.07) is 8.96. The lowest BCUT2D eigenvalue weighted by Gasteiger charge is -2.39. The summed E-state index contributed by atoms with van der Waals surface area (Å²) in [6.07, 6.45) is -0.853. The van der Waals surface area contributed by atoms with Crippen molar-refractivity contribution in [2.75, 3.05) is 13.2 Å². The van der Waals surface area contributed by atoms with Crippen molar-refractivity contribution in [1.29, 1.82) is 0 Å². The van der Waals surface area contributed by atoms with Gasteiger partial charge in [-0.25, -0.2) is 14.6 Å². The maximum atomic E-state index is 12.5. The first-order valence-electron chi connectivity index (χ1n) is 9.13. The van der Waals surface area contributed by atoms with Gasteiger partial charge < -0.3 is 35.1 Å². The molecule has 1 fully saturated rings.